The predicted molar refractivity (Wildman–Crippen MR) is 77.1 cm³/mol. The zero-order valence-corrected chi connectivity index (χ0v) is 13.6. The van der Waals surface area contributed by atoms with E-state index in [0.717, 1.165) is 0 Å². The Kier molecular flexibility index (Phi) is 7.53. The summed E-state index contributed by atoms with van der Waals surface area (Å²) >= 11 is 1.26. The van der Waals surface area contributed by atoms with Crippen molar-refractivity contribution in [2.75, 3.05) is 24.4 Å². The van der Waals surface area contributed by atoms with E-state index in [1.54, 1.807) is 6.92 Å². The lowest BCUT2D eigenvalue weighted by Crippen LogP contribution is -2.50. The van der Waals surface area contributed by atoms with Gasteiger partial charge in [0.15, 0.2) is 0 Å². The average Bonchev–Trinajstić information content (AvgIpc) is 2.24. The first-order valence-corrected chi connectivity index (χ1v) is 8.65. The van der Waals surface area contributed by atoms with Gasteiger partial charge in [-0.1, -0.05) is 6.92 Å². The van der Waals surface area contributed by atoms with Crippen molar-refractivity contribution in [3.05, 3.63) is 0 Å². The maximum atomic E-state index is 11.9. The Morgan fingerprint density at radius 2 is 1.95 bits per heavy atom. The average molecular weight is 327 g/mol. The lowest BCUT2D eigenvalue weighted by molar-refractivity contribution is -0.137. The van der Waals surface area contributed by atoms with E-state index >= 15 is 0 Å². The van der Waals surface area contributed by atoms with Crippen LogP contribution in [0.3, 0.4) is 0 Å². The molecule has 0 saturated carbocycles. The van der Waals surface area contributed by atoms with E-state index in [4.69, 9.17) is 4.55 Å². The number of amides is 1. The van der Waals surface area contributed by atoms with Gasteiger partial charge in [0, 0.05) is 11.7 Å². The summed E-state index contributed by atoms with van der Waals surface area (Å²) in [5.74, 6) is -1.10. The number of hydrogen-bond acceptors (Lipinski definition) is 6. The van der Waals surface area contributed by atoms with Gasteiger partial charge >= 0.3 is 5.97 Å². The van der Waals surface area contributed by atoms with Crippen molar-refractivity contribution in [1.29, 1.82) is 0 Å². The summed E-state index contributed by atoms with van der Waals surface area (Å²) in [7, 11) is -2.88. The van der Waals surface area contributed by atoms with Gasteiger partial charge in [-0.15, -0.1) is 11.8 Å². The van der Waals surface area contributed by atoms with Gasteiger partial charge in [-0.05, 0) is 13.8 Å². The van der Waals surface area contributed by atoms with E-state index in [0.29, 0.717) is 5.75 Å². The van der Waals surface area contributed by atoms with E-state index < -0.39 is 27.3 Å². The molecule has 0 bridgehead atoms. The standard InChI is InChI=1S/C11H21NO6S2/c1-8(5-19-6-9(13)18-4)10(14)12-11(2,3)7-20(15,16)17/h8H,5-7H2,1-4H3,(H,12,14)(H,15,16,17). The van der Waals surface area contributed by atoms with Gasteiger partial charge in [0.1, 0.15) is 0 Å². The van der Waals surface area contributed by atoms with Crippen molar-refractivity contribution < 1.29 is 27.3 Å². The minimum absolute atomic E-state index is 0.155. The molecule has 0 heterocycles. The molecule has 1 unspecified atom stereocenters. The second-order valence-corrected chi connectivity index (χ2v) is 7.57. The summed E-state index contributed by atoms with van der Waals surface area (Å²) in [6.45, 7) is 4.68. The fourth-order valence-electron chi connectivity index (χ4n) is 1.40. The van der Waals surface area contributed by atoms with Crippen LogP contribution in [0.1, 0.15) is 20.8 Å². The molecule has 0 aromatic heterocycles. The molecule has 1 atom stereocenters. The molecule has 0 aromatic carbocycles. The summed E-state index contributed by atoms with van der Waals surface area (Å²) in [6, 6.07) is 0. The van der Waals surface area contributed by atoms with Crippen LogP contribution in [-0.4, -0.2) is 54.8 Å². The maximum absolute atomic E-state index is 11.9. The van der Waals surface area contributed by atoms with Crippen LogP contribution in [0.5, 0.6) is 0 Å². The summed E-state index contributed by atoms with van der Waals surface area (Å²) in [6.07, 6.45) is 0. The lowest BCUT2D eigenvalue weighted by Gasteiger charge is -2.26. The van der Waals surface area contributed by atoms with Gasteiger partial charge in [0.25, 0.3) is 10.1 Å². The van der Waals surface area contributed by atoms with Crippen LogP contribution in [0.15, 0.2) is 0 Å². The number of methoxy groups -OCH3 is 1. The molecule has 0 saturated heterocycles. The third-order valence-corrected chi connectivity index (χ3v) is 4.53. The molecule has 0 aliphatic carbocycles. The van der Waals surface area contributed by atoms with Gasteiger partial charge in [-0.2, -0.15) is 8.42 Å². The molecule has 118 valence electrons. The number of ether oxygens (including phenoxy) is 1. The van der Waals surface area contributed by atoms with E-state index in [2.05, 4.69) is 10.1 Å². The molecule has 1 amide bonds. The van der Waals surface area contributed by atoms with Gasteiger partial charge in [0.05, 0.1) is 24.2 Å². The van der Waals surface area contributed by atoms with Crippen molar-refractivity contribution in [2.24, 2.45) is 5.92 Å². The summed E-state index contributed by atoms with van der Waals surface area (Å²) in [5, 5.41) is 2.56. The first-order chi connectivity index (χ1) is 8.97. The molecule has 0 aliphatic rings. The molecule has 20 heavy (non-hydrogen) atoms. The highest BCUT2D eigenvalue weighted by molar-refractivity contribution is 7.99. The Hall–Kier alpha value is -0.800. The van der Waals surface area contributed by atoms with Crippen molar-refractivity contribution >= 4 is 33.8 Å². The maximum Gasteiger partial charge on any atom is 0.315 e. The topological polar surface area (TPSA) is 110 Å². The Balaban J connectivity index is 4.28. The zero-order valence-electron chi connectivity index (χ0n) is 12.0. The Morgan fingerprint density at radius 3 is 2.40 bits per heavy atom. The Bertz CT molecular complexity index is 446. The molecule has 0 spiro atoms. The normalized spacial score (nSPS) is 13.7. The highest BCUT2D eigenvalue weighted by Gasteiger charge is 2.28. The van der Waals surface area contributed by atoms with Gasteiger partial charge < -0.3 is 10.1 Å². The summed E-state index contributed by atoms with van der Waals surface area (Å²) in [5.41, 5.74) is -1.06. The monoisotopic (exact) mass is 327 g/mol. The van der Waals surface area contributed by atoms with Crippen LogP contribution in [0.2, 0.25) is 0 Å². The zero-order chi connectivity index (χ0) is 16.0. The highest BCUT2D eigenvalue weighted by Crippen LogP contribution is 2.12. The molecular formula is C11H21NO6S2. The van der Waals surface area contributed by atoms with Crippen LogP contribution in [-0.2, 0) is 24.4 Å². The summed E-state index contributed by atoms with van der Waals surface area (Å²) < 4.78 is 34.9. The van der Waals surface area contributed by atoms with Crippen molar-refractivity contribution in [3.8, 4) is 0 Å². The van der Waals surface area contributed by atoms with Crippen molar-refractivity contribution in [2.45, 2.75) is 26.3 Å². The number of hydrogen-bond donors (Lipinski definition) is 2. The number of rotatable bonds is 8. The lowest BCUT2D eigenvalue weighted by atomic mass is 10.1. The second-order valence-electron chi connectivity index (χ2n) is 5.09. The number of carbonyl (C=O) groups is 2. The minimum Gasteiger partial charge on any atom is -0.468 e. The van der Waals surface area contributed by atoms with Crippen LogP contribution in [0, 0.1) is 5.92 Å². The molecule has 0 rings (SSSR count). The first-order valence-electron chi connectivity index (χ1n) is 5.88. The number of thioether (sulfide) groups is 1. The van der Waals surface area contributed by atoms with E-state index in [1.807, 2.05) is 0 Å². The van der Waals surface area contributed by atoms with Gasteiger partial charge in [0.2, 0.25) is 5.91 Å². The molecule has 0 aromatic rings. The number of nitrogens with one attached hydrogen (secondary N) is 1. The Morgan fingerprint density at radius 1 is 1.40 bits per heavy atom. The third-order valence-electron chi connectivity index (χ3n) is 2.27. The molecule has 7 nitrogen and oxygen atoms in total. The van der Waals surface area contributed by atoms with Crippen LogP contribution in [0.25, 0.3) is 0 Å². The summed E-state index contributed by atoms with van der Waals surface area (Å²) in [4.78, 5) is 22.8. The first kappa shape index (κ1) is 19.2. The molecule has 0 fully saturated rings. The quantitative estimate of drug-likeness (QED) is 0.488. The number of esters is 1. The minimum atomic E-state index is -4.17. The molecule has 2 N–H and O–H groups in total. The fraction of sp³-hybridized carbons (Fsp3) is 0.818. The fourth-order valence-corrected chi connectivity index (χ4v) is 3.29. The highest BCUT2D eigenvalue weighted by atomic mass is 32.2. The van der Waals surface area contributed by atoms with Gasteiger partial charge in [-0.3, -0.25) is 14.1 Å². The molecular weight excluding hydrogens is 306 g/mol. The molecule has 0 radical (unpaired) electrons. The van der Waals surface area contributed by atoms with Crippen LogP contribution >= 0.6 is 11.8 Å². The van der Waals surface area contributed by atoms with Gasteiger partial charge in [-0.25, -0.2) is 0 Å². The number of carbonyl (C=O) groups excluding carboxylic acids is 2. The van der Waals surface area contributed by atoms with E-state index in [-0.39, 0.29) is 17.6 Å². The van der Waals surface area contributed by atoms with Crippen LogP contribution in [0.4, 0.5) is 0 Å². The largest absolute Gasteiger partial charge is 0.468 e. The predicted octanol–water partition coefficient (Wildman–Crippen LogP) is 0.311. The molecule has 9 heteroatoms. The molecule has 0 aliphatic heterocycles. The van der Waals surface area contributed by atoms with Crippen molar-refractivity contribution in [3.63, 3.8) is 0 Å². The Labute approximate surface area is 123 Å². The smallest absolute Gasteiger partial charge is 0.315 e. The second kappa shape index (κ2) is 7.84. The van der Waals surface area contributed by atoms with Crippen LogP contribution < -0.4 is 5.32 Å². The SMILES string of the molecule is COC(=O)CSCC(C)C(=O)NC(C)(C)CS(=O)(=O)O. The third kappa shape index (κ3) is 9.16. The van der Waals surface area contributed by atoms with E-state index in [1.165, 1.54) is 32.7 Å². The van der Waals surface area contributed by atoms with E-state index in [9.17, 15) is 18.0 Å². The van der Waals surface area contributed by atoms with Crippen molar-refractivity contribution in [1.82, 2.24) is 5.32 Å².